The van der Waals surface area contributed by atoms with E-state index in [0.717, 1.165) is 37.5 Å². The first kappa shape index (κ1) is 11.2. The molecule has 0 aromatic carbocycles. The number of hydrogen-bond donors (Lipinski definition) is 0. The third-order valence-corrected chi connectivity index (χ3v) is 3.01. The van der Waals surface area contributed by atoms with E-state index in [9.17, 15) is 0 Å². The number of quaternary nitrogens is 1. The molecule has 0 aromatic rings. The van der Waals surface area contributed by atoms with Crippen LogP contribution in [0.4, 0.5) is 0 Å². The van der Waals surface area contributed by atoms with Crippen molar-refractivity contribution in [3.05, 3.63) is 12.4 Å². The normalized spacial score (nSPS) is 41.5. The van der Waals surface area contributed by atoms with Gasteiger partial charge in [0.25, 0.3) is 0 Å². The highest BCUT2D eigenvalue weighted by Crippen LogP contribution is 2.22. The molecule has 0 aliphatic carbocycles. The maximum absolute atomic E-state index is 5.27. The lowest BCUT2D eigenvalue weighted by molar-refractivity contribution is -0.862. The van der Waals surface area contributed by atoms with Gasteiger partial charge in [-0.2, -0.15) is 0 Å². The van der Waals surface area contributed by atoms with Crippen molar-refractivity contribution in [1.29, 1.82) is 0 Å². The molecule has 0 spiro atoms. The zero-order chi connectivity index (χ0) is 9.60. The molecule has 0 N–H and O–H groups in total. The van der Waals surface area contributed by atoms with Gasteiger partial charge in [-0.3, -0.25) is 4.48 Å². The Morgan fingerprint density at radius 3 is 2.60 bits per heavy atom. The van der Waals surface area contributed by atoms with Crippen LogP contribution in [0.25, 0.3) is 0 Å². The van der Waals surface area contributed by atoms with Crippen LogP contribution in [0.2, 0.25) is 0 Å². The number of hydrogen-bond acceptors (Lipinski definition) is 3. The van der Waals surface area contributed by atoms with Crippen molar-refractivity contribution >= 4 is 0 Å². The van der Waals surface area contributed by atoms with E-state index >= 15 is 0 Å². The highest BCUT2D eigenvalue weighted by atomic mass is 35.5. The minimum Gasteiger partial charge on any atom is -1.00 e. The fourth-order valence-corrected chi connectivity index (χ4v) is 2.08. The molecular formula is C10H17ClN2O2. The predicted molar refractivity (Wildman–Crippen MR) is 51.2 cm³/mol. The zero-order valence-corrected chi connectivity index (χ0v) is 9.69. The minimum atomic E-state index is 0. The molecule has 2 fully saturated rings. The van der Waals surface area contributed by atoms with Gasteiger partial charge in [-0.1, -0.05) is 0 Å². The van der Waals surface area contributed by atoms with E-state index in [1.165, 1.54) is 0 Å². The summed E-state index contributed by atoms with van der Waals surface area (Å²) < 4.78 is 11.5. The van der Waals surface area contributed by atoms with Gasteiger partial charge in [-0.25, -0.2) is 0 Å². The number of rotatable bonds is 4. The van der Waals surface area contributed by atoms with Gasteiger partial charge in [-0.15, -0.1) is 0 Å². The van der Waals surface area contributed by atoms with E-state index in [0.29, 0.717) is 12.2 Å². The maximum Gasteiger partial charge on any atom is 0.158 e. The summed E-state index contributed by atoms with van der Waals surface area (Å²) in [5.74, 6) is 0. The summed E-state index contributed by atoms with van der Waals surface area (Å²) in [6, 6.07) is 0. The molecule has 3 aliphatic heterocycles. The van der Waals surface area contributed by atoms with Crippen LogP contribution in [0.5, 0.6) is 0 Å². The summed E-state index contributed by atoms with van der Waals surface area (Å²) >= 11 is 0. The van der Waals surface area contributed by atoms with Gasteiger partial charge in [-0.05, 0) is 0 Å². The largest absolute Gasteiger partial charge is 1.00 e. The highest BCUT2D eigenvalue weighted by Gasteiger charge is 2.37. The van der Waals surface area contributed by atoms with Crippen LogP contribution in [-0.2, 0) is 9.47 Å². The fraction of sp³-hybridized carbons (Fsp3) is 0.800. The number of nitrogens with zero attached hydrogens (tertiary/aromatic N) is 2. The van der Waals surface area contributed by atoms with Crippen LogP contribution in [-0.4, -0.2) is 61.6 Å². The Morgan fingerprint density at radius 2 is 2.00 bits per heavy atom. The Hall–Kier alpha value is -0.290. The number of likely N-dealkylation sites (N-methyl/N-ethyl adjacent to an activating group) is 1. The zero-order valence-electron chi connectivity index (χ0n) is 8.93. The number of epoxide rings is 2. The Balaban J connectivity index is 0.000000853. The smallest absolute Gasteiger partial charge is 0.158 e. The molecule has 0 radical (unpaired) electrons. The van der Waals surface area contributed by atoms with E-state index in [1.54, 1.807) is 0 Å². The topological polar surface area (TPSA) is 28.3 Å². The predicted octanol–water partition coefficient (Wildman–Crippen LogP) is -3.02. The fourth-order valence-electron chi connectivity index (χ4n) is 2.08. The van der Waals surface area contributed by atoms with Crippen LogP contribution in [0, 0.1) is 0 Å². The van der Waals surface area contributed by atoms with Gasteiger partial charge in [0.05, 0.1) is 39.1 Å². The molecule has 15 heavy (non-hydrogen) atoms. The SMILES string of the molecule is C[N+]1(CC2CO2)C=CN(CC2CO2)C1.[Cl-]. The molecule has 3 unspecified atom stereocenters. The summed E-state index contributed by atoms with van der Waals surface area (Å²) in [5, 5.41) is 0. The van der Waals surface area contributed by atoms with Gasteiger partial charge in [0.15, 0.2) is 6.67 Å². The monoisotopic (exact) mass is 232 g/mol. The summed E-state index contributed by atoms with van der Waals surface area (Å²) in [7, 11) is 2.26. The van der Waals surface area contributed by atoms with E-state index in [4.69, 9.17) is 9.47 Å². The molecule has 0 saturated carbocycles. The summed E-state index contributed by atoms with van der Waals surface area (Å²) in [4.78, 5) is 2.35. The molecule has 3 rings (SSSR count). The average Bonchev–Trinajstić information content (AvgIpc) is 2.98. The molecule has 3 atom stereocenters. The quantitative estimate of drug-likeness (QED) is 0.382. The lowest BCUT2D eigenvalue weighted by Gasteiger charge is -2.27. The minimum absolute atomic E-state index is 0. The van der Waals surface area contributed by atoms with Crippen molar-refractivity contribution in [1.82, 2.24) is 4.90 Å². The van der Waals surface area contributed by atoms with Crippen molar-refractivity contribution in [2.45, 2.75) is 12.2 Å². The summed E-state index contributed by atoms with van der Waals surface area (Å²) in [6.45, 7) is 5.13. The first-order chi connectivity index (χ1) is 6.73. The Kier molecular flexibility index (Phi) is 2.94. The van der Waals surface area contributed by atoms with Crippen molar-refractivity contribution < 1.29 is 26.4 Å². The third-order valence-electron chi connectivity index (χ3n) is 3.01. The van der Waals surface area contributed by atoms with Crippen LogP contribution in [0.1, 0.15) is 0 Å². The van der Waals surface area contributed by atoms with Crippen molar-refractivity contribution in [3.63, 3.8) is 0 Å². The summed E-state index contributed by atoms with van der Waals surface area (Å²) in [6.07, 6.45) is 5.46. The first-order valence-corrected chi connectivity index (χ1v) is 5.24. The van der Waals surface area contributed by atoms with Gasteiger partial charge in [0, 0.05) is 0 Å². The van der Waals surface area contributed by atoms with Crippen LogP contribution >= 0.6 is 0 Å². The Morgan fingerprint density at radius 1 is 1.33 bits per heavy atom. The molecule has 3 aliphatic rings. The highest BCUT2D eigenvalue weighted by molar-refractivity contribution is 4.87. The molecule has 86 valence electrons. The number of halogens is 1. The van der Waals surface area contributed by atoms with E-state index in [2.05, 4.69) is 24.3 Å². The van der Waals surface area contributed by atoms with Crippen LogP contribution in [0.15, 0.2) is 12.4 Å². The Bertz CT molecular complexity index is 266. The molecule has 0 amide bonds. The van der Waals surface area contributed by atoms with E-state index in [-0.39, 0.29) is 12.4 Å². The second kappa shape index (κ2) is 3.94. The molecular weight excluding hydrogens is 216 g/mol. The molecule has 0 bridgehead atoms. The van der Waals surface area contributed by atoms with Gasteiger partial charge < -0.3 is 26.8 Å². The maximum atomic E-state index is 5.27. The molecule has 4 nitrogen and oxygen atoms in total. The third kappa shape index (κ3) is 2.84. The van der Waals surface area contributed by atoms with E-state index < -0.39 is 0 Å². The lowest BCUT2D eigenvalue weighted by atomic mass is 10.4. The molecule has 0 aromatic heterocycles. The Labute approximate surface area is 96.4 Å². The van der Waals surface area contributed by atoms with Crippen molar-refractivity contribution in [2.24, 2.45) is 0 Å². The number of ether oxygens (including phenoxy) is 2. The molecule has 5 heteroatoms. The van der Waals surface area contributed by atoms with Gasteiger partial charge >= 0.3 is 0 Å². The second-order valence-electron chi connectivity index (χ2n) is 4.78. The lowest BCUT2D eigenvalue weighted by Crippen LogP contribution is -3.00. The molecule has 2 saturated heterocycles. The molecule has 3 heterocycles. The summed E-state index contributed by atoms with van der Waals surface area (Å²) in [5.41, 5.74) is 0. The van der Waals surface area contributed by atoms with Crippen LogP contribution in [0.3, 0.4) is 0 Å². The second-order valence-corrected chi connectivity index (χ2v) is 4.78. The van der Waals surface area contributed by atoms with Crippen LogP contribution < -0.4 is 12.4 Å². The van der Waals surface area contributed by atoms with E-state index in [1.807, 2.05) is 0 Å². The standard InChI is InChI=1S/C10H17N2O2.ClH/c1-12(5-10-7-14-10)3-2-11(8-12)4-9-6-13-9;/h2-3,9-10H,4-8H2,1H3;1H/q+1;/p-1. The van der Waals surface area contributed by atoms with Gasteiger partial charge in [0.1, 0.15) is 18.8 Å². The van der Waals surface area contributed by atoms with Crippen molar-refractivity contribution in [2.75, 3.05) is 40.0 Å². The average molecular weight is 233 g/mol. The van der Waals surface area contributed by atoms with Gasteiger partial charge in [0.2, 0.25) is 0 Å². The first-order valence-electron chi connectivity index (χ1n) is 5.24. The van der Waals surface area contributed by atoms with Crippen molar-refractivity contribution in [3.8, 4) is 0 Å².